The number of amides is 1. The van der Waals surface area contributed by atoms with Crippen LogP contribution >= 0.6 is 0 Å². The molecule has 1 amide bonds. The average Bonchev–Trinajstić information content (AvgIpc) is 2.40. The monoisotopic (exact) mass is 273 g/mol. The van der Waals surface area contributed by atoms with Crippen LogP contribution < -0.4 is 5.73 Å². The fourth-order valence-corrected chi connectivity index (χ4v) is 2.47. The predicted molar refractivity (Wildman–Crippen MR) is 81.4 cm³/mol. The van der Waals surface area contributed by atoms with Gasteiger partial charge >= 0.3 is 0 Å². The van der Waals surface area contributed by atoms with Crippen LogP contribution in [-0.4, -0.2) is 28.9 Å². The standard InChI is InChI=1S/C16H23N3O/c1-11-14(9-13(17)10-18-11)15(20)19-7-5-12(6-8-19)16(2,3)4/h5,9-10H,6-8,17H2,1-4H3. The Morgan fingerprint density at radius 3 is 2.65 bits per heavy atom. The molecule has 2 heterocycles. The second-order valence-electron chi connectivity index (χ2n) is 6.38. The Labute approximate surface area is 120 Å². The second-order valence-corrected chi connectivity index (χ2v) is 6.38. The van der Waals surface area contributed by atoms with Crippen LogP contribution in [0, 0.1) is 12.3 Å². The Bertz CT molecular complexity index is 555. The summed E-state index contributed by atoms with van der Waals surface area (Å²) in [5, 5.41) is 0. The molecule has 2 N–H and O–H groups in total. The zero-order chi connectivity index (χ0) is 14.9. The van der Waals surface area contributed by atoms with Gasteiger partial charge in [0.15, 0.2) is 0 Å². The third-order valence-electron chi connectivity index (χ3n) is 3.80. The largest absolute Gasteiger partial charge is 0.397 e. The summed E-state index contributed by atoms with van der Waals surface area (Å²) in [6.45, 7) is 9.90. The van der Waals surface area contributed by atoms with Crippen molar-refractivity contribution in [2.75, 3.05) is 18.8 Å². The number of nitrogens with two attached hydrogens (primary N) is 1. The molecular weight excluding hydrogens is 250 g/mol. The molecule has 0 spiro atoms. The van der Waals surface area contributed by atoms with E-state index in [0.717, 1.165) is 18.7 Å². The third-order valence-corrected chi connectivity index (χ3v) is 3.80. The summed E-state index contributed by atoms with van der Waals surface area (Å²) < 4.78 is 0. The number of hydrogen-bond acceptors (Lipinski definition) is 3. The Morgan fingerprint density at radius 1 is 1.40 bits per heavy atom. The smallest absolute Gasteiger partial charge is 0.256 e. The fourth-order valence-electron chi connectivity index (χ4n) is 2.47. The molecule has 4 heteroatoms. The van der Waals surface area contributed by atoms with Gasteiger partial charge in [0, 0.05) is 13.1 Å². The van der Waals surface area contributed by atoms with E-state index in [1.54, 1.807) is 12.3 Å². The van der Waals surface area contributed by atoms with Gasteiger partial charge in [-0.05, 0) is 24.8 Å². The summed E-state index contributed by atoms with van der Waals surface area (Å²) in [6.07, 6.45) is 4.69. The first-order chi connectivity index (χ1) is 9.29. The molecule has 1 aliphatic rings. The lowest BCUT2D eigenvalue weighted by atomic mass is 9.83. The normalized spacial score (nSPS) is 16.0. The lowest BCUT2D eigenvalue weighted by Crippen LogP contribution is -2.36. The number of nitrogen functional groups attached to an aromatic ring is 1. The van der Waals surface area contributed by atoms with Gasteiger partial charge < -0.3 is 10.6 Å². The van der Waals surface area contributed by atoms with E-state index in [9.17, 15) is 4.79 Å². The lowest BCUT2D eigenvalue weighted by Gasteiger charge is -2.32. The zero-order valence-corrected chi connectivity index (χ0v) is 12.7. The molecule has 0 radical (unpaired) electrons. The quantitative estimate of drug-likeness (QED) is 0.800. The molecule has 0 fully saturated rings. The molecule has 0 atom stereocenters. The van der Waals surface area contributed by atoms with E-state index in [-0.39, 0.29) is 11.3 Å². The highest BCUT2D eigenvalue weighted by Gasteiger charge is 2.25. The molecule has 0 saturated heterocycles. The van der Waals surface area contributed by atoms with E-state index in [0.29, 0.717) is 17.8 Å². The maximum Gasteiger partial charge on any atom is 0.256 e. The van der Waals surface area contributed by atoms with Crippen LogP contribution in [0.5, 0.6) is 0 Å². The molecule has 108 valence electrons. The van der Waals surface area contributed by atoms with Crippen LogP contribution in [0.15, 0.2) is 23.9 Å². The van der Waals surface area contributed by atoms with Crippen molar-refractivity contribution >= 4 is 11.6 Å². The van der Waals surface area contributed by atoms with Gasteiger partial charge in [-0.2, -0.15) is 0 Å². The van der Waals surface area contributed by atoms with Gasteiger partial charge in [0.25, 0.3) is 5.91 Å². The van der Waals surface area contributed by atoms with Crippen molar-refractivity contribution in [2.45, 2.75) is 34.1 Å². The third kappa shape index (κ3) is 3.00. The minimum atomic E-state index is 0.0199. The predicted octanol–water partition coefficient (Wildman–Crippen LogP) is 2.79. The van der Waals surface area contributed by atoms with Crippen molar-refractivity contribution in [3.05, 3.63) is 35.2 Å². The van der Waals surface area contributed by atoms with Gasteiger partial charge in [-0.1, -0.05) is 32.4 Å². The topological polar surface area (TPSA) is 59.2 Å². The van der Waals surface area contributed by atoms with Gasteiger partial charge in [-0.25, -0.2) is 0 Å². The van der Waals surface area contributed by atoms with E-state index in [2.05, 4.69) is 31.8 Å². The van der Waals surface area contributed by atoms with Crippen LogP contribution in [0.3, 0.4) is 0 Å². The molecule has 0 unspecified atom stereocenters. The van der Waals surface area contributed by atoms with Gasteiger partial charge in [0.05, 0.1) is 23.1 Å². The van der Waals surface area contributed by atoms with Crippen molar-refractivity contribution in [3.63, 3.8) is 0 Å². The molecule has 1 aliphatic heterocycles. The molecule has 20 heavy (non-hydrogen) atoms. The Balaban J connectivity index is 2.17. The minimum absolute atomic E-state index is 0.0199. The highest BCUT2D eigenvalue weighted by molar-refractivity contribution is 5.96. The summed E-state index contributed by atoms with van der Waals surface area (Å²) >= 11 is 0. The molecule has 0 aliphatic carbocycles. The maximum absolute atomic E-state index is 12.5. The molecule has 0 aromatic carbocycles. The second kappa shape index (κ2) is 5.27. The number of rotatable bonds is 1. The number of hydrogen-bond donors (Lipinski definition) is 1. The highest BCUT2D eigenvalue weighted by atomic mass is 16.2. The number of aromatic nitrogens is 1. The summed E-state index contributed by atoms with van der Waals surface area (Å²) in [6, 6.07) is 1.72. The van der Waals surface area contributed by atoms with Crippen LogP contribution in [0.2, 0.25) is 0 Å². The first-order valence-corrected chi connectivity index (χ1v) is 7.00. The summed E-state index contributed by atoms with van der Waals surface area (Å²) in [5.41, 5.74) is 9.20. The minimum Gasteiger partial charge on any atom is -0.397 e. The number of anilines is 1. The van der Waals surface area contributed by atoms with Gasteiger partial charge in [-0.15, -0.1) is 0 Å². The summed E-state index contributed by atoms with van der Waals surface area (Å²) in [7, 11) is 0. The molecule has 0 bridgehead atoms. The van der Waals surface area contributed by atoms with E-state index < -0.39 is 0 Å². The fraction of sp³-hybridized carbons (Fsp3) is 0.500. The van der Waals surface area contributed by atoms with E-state index in [1.165, 1.54) is 5.57 Å². The van der Waals surface area contributed by atoms with Crippen molar-refractivity contribution in [1.82, 2.24) is 9.88 Å². The molecule has 1 aromatic rings. The van der Waals surface area contributed by atoms with Crippen molar-refractivity contribution in [2.24, 2.45) is 5.41 Å². The Morgan fingerprint density at radius 2 is 2.10 bits per heavy atom. The van der Waals surface area contributed by atoms with Crippen molar-refractivity contribution in [3.8, 4) is 0 Å². The average molecular weight is 273 g/mol. The first-order valence-electron chi connectivity index (χ1n) is 7.00. The number of carbonyl (C=O) groups excluding carboxylic acids is 1. The van der Waals surface area contributed by atoms with Gasteiger partial charge in [0.2, 0.25) is 0 Å². The number of nitrogens with zero attached hydrogens (tertiary/aromatic N) is 2. The summed E-state index contributed by atoms with van der Waals surface area (Å²) in [4.78, 5) is 18.6. The van der Waals surface area contributed by atoms with Crippen LogP contribution in [-0.2, 0) is 0 Å². The molecule has 2 rings (SSSR count). The molecule has 0 saturated carbocycles. The Hall–Kier alpha value is -1.84. The number of pyridine rings is 1. The Kier molecular flexibility index (Phi) is 3.84. The molecular formula is C16H23N3O. The maximum atomic E-state index is 12.5. The number of aryl methyl sites for hydroxylation is 1. The lowest BCUT2D eigenvalue weighted by molar-refractivity contribution is 0.0764. The summed E-state index contributed by atoms with van der Waals surface area (Å²) in [5.74, 6) is 0.0199. The molecule has 1 aromatic heterocycles. The van der Waals surface area contributed by atoms with E-state index in [1.807, 2.05) is 11.8 Å². The van der Waals surface area contributed by atoms with Crippen LogP contribution in [0.4, 0.5) is 5.69 Å². The zero-order valence-electron chi connectivity index (χ0n) is 12.7. The highest BCUT2D eigenvalue weighted by Crippen LogP contribution is 2.30. The van der Waals surface area contributed by atoms with E-state index in [4.69, 9.17) is 5.73 Å². The molecule has 4 nitrogen and oxygen atoms in total. The van der Waals surface area contributed by atoms with E-state index >= 15 is 0 Å². The van der Waals surface area contributed by atoms with Gasteiger partial charge in [0.1, 0.15) is 0 Å². The van der Waals surface area contributed by atoms with Crippen molar-refractivity contribution in [1.29, 1.82) is 0 Å². The SMILES string of the molecule is Cc1ncc(N)cc1C(=O)N1CC=C(C(C)(C)C)CC1. The van der Waals surface area contributed by atoms with Crippen LogP contribution in [0.25, 0.3) is 0 Å². The first kappa shape index (κ1) is 14.6. The van der Waals surface area contributed by atoms with Gasteiger partial charge in [-0.3, -0.25) is 9.78 Å². The van der Waals surface area contributed by atoms with Crippen molar-refractivity contribution < 1.29 is 4.79 Å². The van der Waals surface area contributed by atoms with Crippen LogP contribution in [0.1, 0.15) is 43.2 Å². The number of carbonyl (C=O) groups is 1.